The molecule has 0 heterocycles. The number of hydrogen-bond acceptors (Lipinski definition) is 0. The fourth-order valence-electron chi connectivity index (χ4n) is 1.87. The third-order valence-electron chi connectivity index (χ3n) is 2.80. The molecule has 0 spiro atoms. The smallest absolute Gasteiger partial charge is 0.0551 e. The zero-order valence-electron chi connectivity index (χ0n) is 9.96. The average Bonchev–Trinajstić information content (AvgIpc) is 2.32. The maximum absolute atomic E-state index is 6.12. The van der Waals surface area contributed by atoms with E-state index in [2.05, 4.69) is 69.1 Å². The summed E-state index contributed by atoms with van der Waals surface area (Å²) in [5, 5.41) is 0.751. The fraction of sp³-hybridized carbons (Fsp3) is 0.200. The van der Waals surface area contributed by atoms with Gasteiger partial charge >= 0.3 is 0 Å². The van der Waals surface area contributed by atoms with Crippen LogP contribution in [0.15, 0.2) is 46.9 Å². The second-order valence-corrected chi connectivity index (χ2v) is 6.70. The first-order valence-corrected chi connectivity index (χ1v) is 7.79. The standard InChI is InChI=1S/C15H13Br2Cl/c1-10-3-2-4-11(7-10)8-14(17)12-5-6-13(16)15(18)9-12/h2-7,9,14H,8H2,1H3. The second-order valence-electron chi connectivity index (χ2n) is 4.33. The fourth-order valence-corrected chi connectivity index (χ4v) is 2.97. The molecule has 0 saturated carbocycles. The minimum Gasteiger partial charge on any atom is -0.0835 e. The lowest BCUT2D eigenvalue weighted by molar-refractivity contribution is 0.946. The van der Waals surface area contributed by atoms with E-state index in [9.17, 15) is 0 Å². The van der Waals surface area contributed by atoms with Crippen molar-refractivity contribution in [2.24, 2.45) is 0 Å². The number of hydrogen-bond donors (Lipinski definition) is 0. The van der Waals surface area contributed by atoms with Gasteiger partial charge < -0.3 is 0 Å². The zero-order chi connectivity index (χ0) is 13.1. The van der Waals surface area contributed by atoms with Crippen molar-refractivity contribution in [3.63, 3.8) is 0 Å². The summed E-state index contributed by atoms with van der Waals surface area (Å²) in [7, 11) is 0. The minimum absolute atomic E-state index is 0.282. The van der Waals surface area contributed by atoms with Crippen LogP contribution in [0.2, 0.25) is 5.02 Å². The number of alkyl halides is 1. The van der Waals surface area contributed by atoms with Gasteiger partial charge in [0.2, 0.25) is 0 Å². The maximum Gasteiger partial charge on any atom is 0.0551 e. The van der Waals surface area contributed by atoms with Gasteiger partial charge in [-0.05, 0) is 52.5 Å². The van der Waals surface area contributed by atoms with Crippen molar-refractivity contribution < 1.29 is 0 Å². The van der Waals surface area contributed by atoms with E-state index < -0.39 is 0 Å². The highest BCUT2D eigenvalue weighted by Gasteiger charge is 2.10. The summed E-state index contributed by atoms with van der Waals surface area (Å²) in [4.78, 5) is 0.282. The molecule has 18 heavy (non-hydrogen) atoms. The average molecular weight is 389 g/mol. The van der Waals surface area contributed by atoms with Crippen molar-refractivity contribution in [3.8, 4) is 0 Å². The lowest BCUT2D eigenvalue weighted by atomic mass is 10.0. The van der Waals surface area contributed by atoms with Gasteiger partial charge in [0.15, 0.2) is 0 Å². The Morgan fingerprint density at radius 1 is 1.17 bits per heavy atom. The van der Waals surface area contributed by atoms with Crippen LogP contribution in [-0.4, -0.2) is 0 Å². The summed E-state index contributed by atoms with van der Waals surface area (Å²) in [6.45, 7) is 2.11. The van der Waals surface area contributed by atoms with Crippen LogP contribution in [0.3, 0.4) is 0 Å². The van der Waals surface area contributed by atoms with E-state index in [1.54, 1.807) is 0 Å². The summed E-state index contributed by atoms with van der Waals surface area (Å²) >= 11 is 13.3. The molecule has 1 atom stereocenters. The molecule has 0 saturated heterocycles. The predicted octanol–water partition coefficient (Wildman–Crippen LogP) is 6.09. The SMILES string of the molecule is Cc1cccc(CC(Br)c2ccc(Br)c(Cl)c2)c1. The Hall–Kier alpha value is -0.310. The zero-order valence-corrected chi connectivity index (χ0v) is 13.9. The molecular formula is C15H13Br2Cl. The van der Waals surface area contributed by atoms with Crippen LogP contribution < -0.4 is 0 Å². The van der Waals surface area contributed by atoms with Crippen LogP contribution in [0.1, 0.15) is 21.5 Å². The van der Waals surface area contributed by atoms with Crippen LogP contribution in [0.5, 0.6) is 0 Å². The van der Waals surface area contributed by atoms with Gasteiger partial charge in [0, 0.05) is 9.30 Å². The van der Waals surface area contributed by atoms with Gasteiger partial charge in [-0.1, -0.05) is 63.4 Å². The second kappa shape index (κ2) is 6.23. The predicted molar refractivity (Wildman–Crippen MR) is 85.7 cm³/mol. The van der Waals surface area contributed by atoms with Gasteiger partial charge in [0.25, 0.3) is 0 Å². The number of rotatable bonds is 3. The van der Waals surface area contributed by atoms with Crippen molar-refractivity contribution in [2.45, 2.75) is 18.2 Å². The molecule has 0 bridgehead atoms. The highest BCUT2D eigenvalue weighted by atomic mass is 79.9. The van der Waals surface area contributed by atoms with Crippen LogP contribution in [0, 0.1) is 6.92 Å². The summed E-state index contributed by atoms with van der Waals surface area (Å²) < 4.78 is 0.933. The third-order valence-corrected chi connectivity index (χ3v) is 4.89. The maximum atomic E-state index is 6.12. The minimum atomic E-state index is 0.282. The van der Waals surface area contributed by atoms with E-state index in [1.165, 1.54) is 16.7 Å². The summed E-state index contributed by atoms with van der Waals surface area (Å²) in [5.74, 6) is 0. The third kappa shape index (κ3) is 3.59. The summed E-state index contributed by atoms with van der Waals surface area (Å²) in [6, 6.07) is 14.7. The molecule has 1 unspecified atom stereocenters. The van der Waals surface area contributed by atoms with Gasteiger partial charge in [0.05, 0.1) is 5.02 Å². The Morgan fingerprint density at radius 3 is 2.61 bits per heavy atom. The molecule has 0 aliphatic carbocycles. The van der Waals surface area contributed by atoms with Gasteiger partial charge in [-0.2, -0.15) is 0 Å². The number of benzene rings is 2. The van der Waals surface area contributed by atoms with Gasteiger partial charge in [-0.3, -0.25) is 0 Å². The number of halogens is 3. The monoisotopic (exact) mass is 386 g/mol. The molecule has 94 valence electrons. The van der Waals surface area contributed by atoms with Crippen LogP contribution in [0.4, 0.5) is 0 Å². The molecule has 0 N–H and O–H groups in total. The topological polar surface area (TPSA) is 0 Å². The largest absolute Gasteiger partial charge is 0.0835 e. The van der Waals surface area contributed by atoms with Crippen molar-refractivity contribution >= 4 is 43.5 Å². The van der Waals surface area contributed by atoms with E-state index >= 15 is 0 Å². The molecule has 0 aromatic heterocycles. The van der Waals surface area contributed by atoms with E-state index in [4.69, 9.17) is 11.6 Å². The Labute approximate surface area is 130 Å². The van der Waals surface area contributed by atoms with Crippen molar-refractivity contribution in [1.82, 2.24) is 0 Å². The van der Waals surface area contributed by atoms with Crippen LogP contribution in [0.25, 0.3) is 0 Å². The Kier molecular flexibility index (Phi) is 4.88. The molecule has 0 radical (unpaired) electrons. The number of aryl methyl sites for hydroxylation is 1. The molecule has 0 fully saturated rings. The summed E-state index contributed by atoms with van der Waals surface area (Å²) in [6.07, 6.45) is 0.958. The molecule has 0 aliphatic heterocycles. The molecule has 2 aromatic carbocycles. The van der Waals surface area contributed by atoms with E-state index in [-0.39, 0.29) is 4.83 Å². The van der Waals surface area contributed by atoms with Gasteiger partial charge in [0.1, 0.15) is 0 Å². The summed E-state index contributed by atoms with van der Waals surface area (Å²) in [5.41, 5.74) is 3.82. The van der Waals surface area contributed by atoms with Crippen molar-refractivity contribution in [3.05, 3.63) is 68.7 Å². The highest BCUT2D eigenvalue weighted by molar-refractivity contribution is 9.10. The first-order chi connectivity index (χ1) is 8.56. The molecule has 0 amide bonds. The molecule has 0 nitrogen and oxygen atoms in total. The Bertz CT molecular complexity index is 552. The van der Waals surface area contributed by atoms with Gasteiger partial charge in [-0.15, -0.1) is 0 Å². The first kappa shape index (κ1) is 14.1. The first-order valence-electron chi connectivity index (χ1n) is 5.71. The Morgan fingerprint density at radius 2 is 1.94 bits per heavy atom. The van der Waals surface area contributed by atoms with E-state index in [1.807, 2.05) is 12.1 Å². The van der Waals surface area contributed by atoms with Crippen LogP contribution in [-0.2, 0) is 6.42 Å². The lowest BCUT2D eigenvalue weighted by Crippen LogP contribution is -1.96. The molecule has 0 aliphatic rings. The molecule has 3 heteroatoms. The van der Waals surface area contributed by atoms with Crippen LogP contribution >= 0.6 is 43.5 Å². The van der Waals surface area contributed by atoms with E-state index in [0.717, 1.165) is 15.9 Å². The quantitative estimate of drug-likeness (QED) is 0.558. The lowest BCUT2D eigenvalue weighted by Gasteiger charge is -2.12. The molecule has 2 aromatic rings. The highest BCUT2D eigenvalue weighted by Crippen LogP contribution is 2.32. The normalized spacial score (nSPS) is 12.4. The Balaban J connectivity index is 2.16. The van der Waals surface area contributed by atoms with Crippen molar-refractivity contribution in [2.75, 3.05) is 0 Å². The molecular weight excluding hydrogens is 375 g/mol. The van der Waals surface area contributed by atoms with Crippen molar-refractivity contribution in [1.29, 1.82) is 0 Å². The van der Waals surface area contributed by atoms with E-state index in [0.29, 0.717) is 0 Å². The van der Waals surface area contributed by atoms with Gasteiger partial charge in [-0.25, -0.2) is 0 Å². The molecule has 2 rings (SSSR count).